The molecule has 0 aliphatic rings. The number of nitrogens with one attached hydrogen (secondary N) is 1. The van der Waals surface area contributed by atoms with Crippen molar-refractivity contribution < 1.29 is 19.2 Å². The van der Waals surface area contributed by atoms with Crippen molar-refractivity contribution in [2.75, 3.05) is 13.2 Å². The van der Waals surface area contributed by atoms with E-state index >= 15 is 0 Å². The highest BCUT2D eigenvalue weighted by atomic mass is 16.6. The van der Waals surface area contributed by atoms with Gasteiger partial charge in [0.2, 0.25) is 0 Å². The predicted octanol–water partition coefficient (Wildman–Crippen LogP) is 1.59. The van der Waals surface area contributed by atoms with E-state index in [9.17, 15) is 19.7 Å². The molecular formula is C13H16N2O5. The zero-order valence-electron chi connectivity index (χ0n) is 11.3. The Hall–Kier alpha value is -2.44. The van der Waals surface area contributed by atoms with Crippen molar-refractivity contribution in [3.05, 3.63) is 39.4 Å². The number of carbonyl (C=O) groups excluding carboxylic acids is 2. The van der Waals surface area contributed by atoms with Crippen molar-refractivity contribution in [3.8, 4) is 0 Å². The normalized spacial score (nSPS) is 9.90. The molecule has 0 spiro atoms. The Kier molecular flexibility index (Phi) is 5.64. The molecule has 20 heavy (non-hydrogen) atoms. The Labute approximate surface area is 116 Å². The number of non-ortho nitro benzene ring substituents is 1. The number of hydrogen-bond acceptors (Lipinski definition) is 5. The summed E-state index contributed by atoms with van der Waals surface area (Å²) in [6, 6.07) is 4.07. The molecule has 7 nitrogen and oxygen atoms in total. The fourth-order valence-electron chi connectivity index (χ4n) is 1.57. The molecule has 0 fully saturated rings. The van der Waals surface area contributed by atoms with Crippen LogP contribution < -0.4 is 5.32 Å². The van der Waals surface area contributed by atoms with Gasteiger partial charge in [0.25, 0.3) is 11.6 Å². The van der Waals surface area contributed by atoms with Gasteiger partial charge in [-0.05, 0) is 19.4 Å². The fourth-order valence-corrected chi connectivity index (χ4v) is 1.57. The van der Waals surface area contributed by atoms with Gasteiger partial charge in [-0.15, -0.1) is 0 Å². The minimum absolute atomic E-state index is 0.0631. The van der Waals surface area contributed by atoms with Gasteiger partial charge in [0.15, 0.2) is 0 Å². The molecule has 1 rings (SSSR count). The van der Waals surface area contributed by atoms with Crippen molar-refractivity contribution in [1.82, 2.24) is 5.32 Å². The monoisotopic (exact) mass is 280 g/mol. The summed E-state index contributed by atoms with van der Waals surface area (Å²) >= 11 is 0. The van der Waals surface area contributed by atoms with Crippen LogP contribution in [0.1, 0.15) is 29.3 Å². The summed E-state index contributed by atoms with van der Waals surface area (Å²) in [6.45, 7) is 3.80. The molecule has 0 heterocycles. The van der Waals surface area contributed by atoms with Gasteiger partial charge in [0.1, 0.15) is 0 Å². The van der Waals surface area contributed by atoms with Gasteiger partial charge in [-0.1, -0.05) is 6.07 Å². The number of ether oxygens (including phenoxy) is 1. The van der Waals surface area contributed by atoms with E-state index in [1.807, 2.05) is 0 Å². The summed E-state index contributed by atoms with van der Waals surface area (Å²) in [4.78, 5) is 33.1. The molecule has 0 saturated carbocycles. The number of nitro benzene ring substituents is 1. The lowest BCUT2D eigenvalue weighted by atomic mass is 10.1. The van der Waals surface area contributed by atoms with Gasteiger partial charge < -0.3 is 10.1 Å². The van der Waals surface area contributed by atoms with Crippen LogP contribution in [0.2, 0.25) is 0 Å². The quantitative estimate of drug-likeness (QED) is 0.484. The SMILES string of the molecule is CCOC(=O)CCNC(=O)c1cc([N+](=O)[O-])ccc1C. The summed E-state index contributed by atoms with van der Waals surface area (Å²) < 4.78 is 4.72. The Morgan fingerprint density at radius 3 is 2.70 bits per heavy atom. The van der Waals surface area contributed by atoms with Crippen LogP contribution in [-0.2, 0) is 9.53 Å². The Bertz CT molecular complexity index is 527. The summed E-state index contributed by atoms with van der Waals surface area (Å²) in [7, 11) is 0. The van der Waals surface area contributed by atoms with Crippen molar-refractivity contribution in [2.24, 2.45) is 0 Å². The number of hydrogen-bond donors (Lipinski definition) is 1. The van der Waals surface area contributed by atoms with Crippen LogP contribution in [0.15, 0.2) is 18.2 Å². The van der Waals surface area contributed by atoms with Crippen molar-refractivity contribution in [3.63, 3.8) is 0 Å². The summed E-state index contributed by atoms with van der Waals surface area (Å²) in [5, 5.41) is 13.2. The molecule has 1 N–H and O–H groups in total. The van der Waals surface area contributed by atoms with Gasteiger partial charge in [-0.3, -0.25) is 19.7 Å². The van der Waals surface area contributed by atoms with E-state index in [0.29, 0.717) is 5.56 Å². The van der Waals surface area contributed by atoms with Crippen molar-refractivity contribution in [2.45, 2.75) is 20.3 Å². The minimum atomic E-state index is -0.561. The molecule has 0 bridgehead atoms. The van der Waals surface area contributed by atoms with E-state index in [1.165, 1.54) is 18.2 Å². The highest BCUT2D eigenvalue weighted by Crippen LogP contribution is 2.17. The molecule has 0 unspecified atom stereocenters. The lowest BCUT2D eigenvalue weighted by Crippen LogP contribution is -2.27. The number of benzene rings is 1. The average Bonchev–Trinajstić information content (AvgIpc) is 2.39. The van der Waals surface area contributed by atoms with Crippen molar-refractivity contribution in [1.29, 1.82) is 0 Å². The molecule has 0 aliphatic heterocycles. The molecule has 0 aromatic heterocycles. The molecule has 1 amide bonds. The molecular weight excluding hydrogens is 264 g/mol. The van der Waals surface area contributed by atoms with Crippen molar-refractivity contribution >= 4 is 17.6 Å². The minimum Gasteiger partial charge on any atom is -0.466 e. The smallest absolute Gasteiger partial charge is 0.307 e. The number of nitro groups is 1. The number of nitrogens with zero attached hydrogens (tertiary/aromatic N) is 1. The summed E-state index contributed by atoms with van der Waals surface area (Å²) in [5.74, 6) is -0.848. The number of carbonyl (C=O) groups is 2. The third kappa shape index (κ3) is 4.34. The Morgan fingerprint density at radius 1 is 1.40 bits per heavy atom. The standard InChI is InChI=1S/C13H16N2O5/c1-3-20-12(16)6-7-14-13(17)11-8-10(15(18)19)5-4-9(11)2/h4-5,8H,3,6-7H2,1-2H3,(H,14,17). The number of esters is 1. The van der Waals surface area contributed by atoms with E-state index in [2.05, 4.69) is 5.32 Å². The highest BCUT2D eigenvalue weighted by molar-refractivity contribution is 5.96. The van der Waals surface area contributed by atoms with Crippen LogP contribution in [-0.4, -0.2) is 30.0 Å². The molecule has 0 radical (unpaired) electrons. The third-order valence-electron chi connectivity index (χ3n) is 2.60. The van der Waals surface area contributed by atoms with Crippen LogP contribution in [0.25, 0.3) is 0 Å². The van der Waals surface area contributed by atoms with Gasteiger partial charge in [-0.2, -0.15) is 0 Å². The molecule has 1 aromatic rings. The second-order valence-electron chi connectivity index (χ2n) is 4.07. The van der Waals surface area contributed by atoms with Crippen LogP contribution >= 0.6 is 0 Å². The third-order valence-corrected chi connectivity index (χ3v) is 2.60. The molecule has 0 atom stereocenters. The van der Waals surface area contributed by atoms with Crippen LogP contribution in [0.3, 0.4) is 0 Å². The van der Waals surface area contributed by atoms with Crippen LogP contribution in [0.5, 0.6) is 0 Å². The lowest BCUT2D eigenvalue weighted by molar-refractivity contribution is -0.384. The number of aryl methyl sites for hydroxylation is 1. The molecule has 108 valence electrons. The zero-order valence-corrected chi connectivity index (χ0v) is 11.3. The van der Waals surface area contributed by atoms with E-state index in [4.69, 9.17) is 4.74 Å². The number of rotatable bonds is 6. The molecule has 0 aliphatic carbocycles. The lowest BCUT2D eigenvalue weighted by Gasteiger charge is -2.07. The largest absolute Gasteiger partial charge is 0.466 e. The number of amides is 1. The second-order valence-corrected chi connectivity index (χ2v) is 4.07. The first-order valence-electron chi connectivity index (χ1n) is 6.14. The van der Waals surface area contributed by atoms with Gasteiger partial charge >= 0.3 is 5.97 Å². The maximum atomic E-state index is 11.9. The maximum Gasteiger partial charge on any atom is 0.307 e. The summed E-state index contributed by atoms with van der Waals surface area (Å²) in [6.07, 6.45) is 0.0631. The predicted molar refractivity (Wildman–Crippen MR) is 71.4 cm³/mol. The second kappa shape index (κ2) is 7.22. The zero-order chi connectivity index (χ0) is 15.1. The van der Waals surface area contributed by atoms with Gasteiger partial charge in [-0.25, -0.2) is 0 Å². The first-order chi connectivity index (χ1) is 9.45. The topological polar surface area (TPSA) is 98.5 Å². The fraction of sp³-hybridized carbons (Fsp3) is 0.385. The van der Waals surface area contributed by atoms with Gasteiger partial charge in [0.05, 0.1) is 18.0 Å². The average molecular weight is 280 g/mol. The molecule has 1 aromatic carbocycles. The molecule has 0 saturated heterocycles. The first kappa shape index (κ1) is 15.6. The van der Waals surface area contributed by atoms with Crippen LogP contribution in [0, 0.1) is 17.0 Å². The van der Waals surface area contributed by atoms with Gasteiger partial charge in [0, 0.05) is 24.2 Å². The van der Waals surface area contributed by atoms with E-state index in [-0.39, 0.29) is 30.8 Å². The van der Waals surface area contributed by atoms with E-state index < -0.39 is 16.8 Å². The highest BCUT2D eigenvalue weighted by Gasteiger charge is 2.14. The Balaban J connectivity index is 2.65. The molecule has 7 heteroatoms. The maximum absolute atomic E-state index is 11.9. The Morgan fingerprint density at radius 2 is 2.10 bits per heavy atom. The summed E-state index contributed by atoms with van der Waals surface area (Å²) in [5.41, 5.74) is 0.707. The van der Waals surface area contributed by atoms with E-state index in [0.717, 1.165) is 0 Å². The van der Waals surface area contributed by atoms with Crippen LogP contribution in [0.4, 0.5) is 5.69 Å². The van der Waals surface area contributed by atoms with E-state index in [1.54, 1.807) is 13.8 Å². The first-order valence-corrected chi connectivity index (χ1v) is 6.14.